The van der Waals surface area contributed by atoms with E-state index in [1.54, 1.807) is 0 Å². The summed E-state index contributed by atoms with van der Waals surface area (Å²) in [6.45, 7) is 8.48. The fourth-order valence-corrected chi connectivity index (χ4v) is 7.15. The fraction of sp³-hybridized carbons (Fsp3) is 0.200. The molecule has 5 aromatic carbocycles. The fourth-order valence-electron chi connectivity index (χ4n) is 7.15. The third-order valence-corrected chi connectivity index (χ3v) is 9.56. The van der Waals surface area contributed by atoms with Crippen molar-refractivity contribution in [3.8, 4) is 22.3 Å². The van der Waals surface area contributed by atoms with Gasteiger partial charge in [-0.1, -0.05) is 103 Å². The minimum absolute atomic E-state index is 0.384. The molecule has 0 saturated carbocycles. The Morgan fingerprint density at radius 2 is 0.947 bits per heavy atom. The molecule has 5 aromatic rings. The van der Waals surface area contributed by atoms with Crippen LogP contribution >= 0.6 is 0 Å². The van der Waals surface area contributed by atoms with Crippen molar-refractivity contribution in [1.82, 2.24) is 0 Å². The Morgan fingerprint density at radius 3 is 1.50 bits per heavy atom. The molecule has 0 bridgehead atoms. The quantitative estimate of drug-likeness (QED) is 0.221. The molecular weight excluding hydrogens is 463 g/mol. The van der Waals surface area contributed by atoms with Crippen LogP contribution in [0.5, 0.6) is 0 Å². The molecule has 1 fully saturated rings. The van der Waals surface area contributed by atoms with Crippen LogP contribution in [-0.2, 0) is 14.7 Å². The van der Waals surface area contributed by atoms with Crippen molar-refractivity contribution in [3.63, 3.8) is 0 Å². The molecule has 3 aliphatic rings. The Morgan fingerprint density at radius 1 is 0.474 bits per heavy atom. The molecule has 1 aliphatic heterocycles. The molecule has 1 saturated heterocycles. The smallest absolute Gasteiger partial charge is 0.399 e. The summed E-state index contributed by atoms with van der Waals surface area (Å²) in [5, 5.41) is 2.50. The number of benzene rings is 5. The summed E-state index contributed by atoms with van der Waals surface area (Å²) in [7, 11) is -0.416. The molecule has 1 heterocycles. The lowest BCUT2D eigenvalue weighted by Gasteiger charge is -2.40. The summed E-state index contributed by atoms with van der Waals surface area (Å²) >= 11 is 0. The van der Waals surface area contributed by atoms with Crippen LogP contribution in [0.3, 0.4) is 0 Å². The molecule has 0 amide bonds. The van der Waals surface area contributed by atoms with Crippen LogP contribution in [0.2, 0.25) is 0 Å². The van der Waals surface area contributed by atoms with Gasteiger partial charge in [0.05, 0.1) is 16.6 Å². The summed E-state index contributed by atoms with van der Waals surface area (Å²) < 4.78 is 13.1. The van der Waals surface area contributed by atoms with Gasteiger partial charge in [-0.05, 0) is 88.4 Å². The van der Waals surface area contributed by atoms with Gasteiger partial charge in [0.25, 0.3) is 0 Å². The monoisotopic (exact) mass is 492 g/mol. The molecule has 38 heavy (non-hydrogen) atoms. The third-order valence-electron chi connectivity index (χ3n) is 9.56. The summed E-state index contributed by atoms with van der Waals surface area (Å²) in [5.74, 6) is 0. The Bertz CT molecular complexity index is 1740. The van der Waals surface area contributed by atoms with Gasteiger partial charge in [0.1, 0.15) is 0 Å². The second kappa shape index (κ2) is 7.25. The minimum Gasteiger partial charge on any atom is -0.399 e. The van der Waals surface area contributed by atoms with E-state index < -0.39 is 18.3 Å². The lowest BCUT2D eigenvalue weighted by atomic mass is 9.60. The van der Waals surface area contributed by atoms with E-state index in [0.29, 0.717) is 0 Å². The van der Waals surface area contributed by atoms with E-state index >= 15 is 0 Å². The number of fused-ring (bicyclic) bond motifs is 9. The maximum Gasteiger partial charge on any atom is 0.495 e. The largest absolute Gasteiger partial charge is 0.495 e. The van der Waals surface area contributed by atoms with Crippen molar-refractivity contribution in [2.45, 2.75) is 44.3 Å². The molecule has 2 aliphatic carbocycles. The predicted octanol–water partition coefficient (Wildman–Crippen LogP) is 7.48. The molecule has 2 nitrogen and oxygen atoms in total. The molecule has 0 radical (unpaired) electrons. The predicted molar refractivity (Wildman–Crippen MR) is 156 cm³/mol. The summed E-state index contributed by atoms with van der Waals surface area (Å²) in [4.78, 5) is 0. The standard InChI is InChI=1S/C35H29BO2/c1-33(2)34(3,4)38-36(37-33)31-21-20-25-24-14-7-10-18-29(24)35(30-19-11-15-26(31)32(25)30)27-16-8-5-12-22(27)23-13-6-9-17-28(23)35/h5-21H,1-4H3. The van der Waals surface area contributed by atoms with E-state index in [2.05, 4.69) is 131 Å². The van der Waals surface area contributed by atoms with Gasteiger partial charge >= 0.3 is 7.12 Å². The minimum atomic E-state index is -0.416. The van der Waals surface area contributed by atoms with Crippen LogP contribution in [0, 0.1) is 0 Å². The molecule has 184 valence electrons. The van der Waals surface area contributed by atoms with E-state index in [1.807, 2.05) is 0 Å². The lowest BCUT2D eigenvalue weighted by Crippen LogP contribution is -2.41. The molecule has 0 unspecified atom stereocenters. The van der Waals surface area contributed by atoms with E-state index in [-0.39, 0.29) is 5.41 Å². The van der Waals surface area contributed by atoms with Crippen LogP contribution in [0.1, 0.15) is 49.9 Å². The van der Waals surface area contributed by atoms with Gasteiger partial charge < -0.3 is 9.31 Å². The zero-order valence-electron chi connectivity index (χ0n) is 22.2. The van der Waals surface area contributed by atoms with Crippen LogP contribution in [0.15, 0.2) is 103 Å². The normalized spacial score (nSPS) is 18.9. The molecule has 1 spiro atoms. The van der Waals surface area contributed by atoms with Gasteiger partial charge in [0, 0.05) is 0 Å². The van der Waals surface area contributed by atoms with Crippen molar-refractivity contribution in [3.05, 3.63) is 125 Å². The number of hydrogen-bond acceptors (Lipinski definition) is 2. The first kappa shape index (κ1) is 22.3. The van der Waals surface area contributed by atoms with E-state index in [1.165, 1.54) is 55.3 Å². The van der Waals surface area contributed by atoms with Crippen molar-refractivity contribution in [1.29, 1.82) is 0 Å². The highest BCUT2D eigenvalue weighted by atomic mass is 16.7. The molecule has 0 atom stereocenters. The SMILES string of the molecule is CC1(C)OB(c2ccc3c4c(cccc24)C2(c4ccccc4-c4ccccc42)c2ccccc2-3)OC1(C)C. The van der Waals surface area contributed by atoms with Crippen LogP contribution in [0.25, 0.3) is 33.0 Å². The number of hydrogen-bond donors (Lipinski definition) is 0. The maximum atomic E-state index is 6.57. The first-order valence-corrected chi connectivity index (χ1v) is 13.6. The number of rotatable bonds is 1. The van der Waals surface area contributed by atoms with Crippen molar-refractivity contribution in [2.24, 2.45) is 0 Å². The zero-order valence-corrected chi connectivity index (χ0v) is 22.2. The van der Waals surface area contributed by atoms with Gasteiger partial charge in [0.2, 0.25) is 0 Å². The van der Waals surface area contributed by atoms with Gasteiger partial charge in [-0.2, -0.15) is 0 Å². The Balaban J connectivity index is 1.51. The van der Waals surface area contributed by atoms with E-state index in [0.717, 1.165) is 5.46 Å². The van der Waals surface area contributed by atoms with Crippen LogP contribution in [0.4, 0.5) is 0 Å². The average Bonchev–Trinajstić information content (AvgIpc) is 3.34. The first-order chi connectivity index (χ1) is 18.3. The van der Waals surface area contributed by atoms with Crippen LogP contribution in [-0.4, -0.2) is 18.3 Å². The van der Waals surface area contributed by atoms with Gasteiger partial charge in [-0.15, -0.1) is 0 Å². The maximum absolute atomic E-state index is 6.57. The van der Waals surface area contributed by atoms with E-state index in [9.17, 15) is 0 Å². The molecule has 0 aromatic heterocycles. The summed E-state index contributed by atoms with van der Waals surface area (Å²) in [6.07, 6.45) is 0. The van der Waals surface area contributed by atoms with Crippen molar-refractivity contribution in [2.75, 3.05) is 0 Å². The average molecular weight is 492 g/mol. The topological polar surface area (TPSA) is 18.5 Å². The highest BCUT2D eigenvalue weighted by Crippen LogP contribution is 2.61. The molecule has 8 rings (SSSR count). The molecular formula is C35H29BO2. The lowest BCUT2D eigenvalue weighted by molar-refractivity contribution is 0.00578. The highest BCUT2D eigenvalue weighted by molar-refractivity contribution is 6.65. The molecule has 3 heteroatoms. The summed E-state index contributed by atoms with van der Waals surface area (Å²) in [5.41, 5.74) is 10.5. The van der Waals surface area contributed by atoms with Gasteiger partial charge in [0.15, 0.2) is 0 Å². The summed E-state index contributed by atoms with van der Waals surface area (Å²) in [6, 6.07) is 38.2. The van der Waals surface area contributed by atoms with Gasteiger partial charge in [-0.25, -0.2) is 0 Å². The van der Waals surface area contributed by atoms with Crippen LogP contribution < -0.4 is 5.46 Å². The second-order valence-corrected chi connectivity index (χ2v) is 11.9. The molecule has 0 N–H and O–H groups in total. The zero-order chi connectivity index (χ0) is 25.9. The Labute approximate surface area is 224 Å². The first-order valence-electron chi connectivity index (χ1n) is 13.6. The second-order valence-electron chi connectivity index (χ2n) is 11.9. The van der Waals surface area contributed by atoms with Crippen molar-refractivity contribution >= 4 is 23.4 Å². The third kappa shape index (κ3) is 2.56. The van der Waals surface area contributed by atoms with Crippen molar-refractivity contribution < 1.29 is 9.31 Å². The Kier molecular flexibility index (Phi) is 4.26. The highest BCUT2D eigenvalue weighted by Gasteiger charge is 2.53. The van der Waals surface area contributed by atoms with Gasteiger partial charge in [-0.3, -0.25) is 0 Å². The van der Waals surface area contributed by atoms with E-state index in [4.69, 9.17) is 9.31 Å². The Hall–Kier alpha value is -3.66.